The number of nitrogens with zero attached hydrogens (tertiary/aromatic N) is 1. The van der Waals surface area contributed by atoms with E-state index in [2.05, 4.69) is 5.32 Å². The summed E-state index contributed by atoms with van der Waals surface area (Å²) in [5, 5.41) is 2.57. The van der Waals surface area contributed by atoms with Gasteiger partial charge in [-0.2, -0.15) is 4.31 Å². The topological polar surface area (TPSA) is 110 Å². The van der Waals surface area contributed by atoms with E-state index in [9.17, 15) is 21.6 Å². The number of benzene rings is 2. The second kappa shape index (κ2) is 8.46. The first kappa shape index (κ1) is 22.4. The Bertz CT molecular complexity index is 1130. The molecule has 2 aromatic carbocycles. The highest BCUT2D eigenvalue weighted by Gasteiger charge is 2.32. The molecule has 1 heterocycles. The summed E-state index contributed by atoms with van der Waals surface area (Å²) in [6.07, 6.45) is 0.650. The molecule has 8 nitrogen and oxygen atoms in total. The van der Waals surface area contributed by atoms with Gasteiger partial charge in [0.15, 0.2) is 9.84 Å². The standard InChI is InChI=1S/C20H24N2O6S2/c1-14-12-22(13-15(2)28-14)30(26,27)17-10-8-16(9-11-17)20(23)21-18-6-4-5-7-19(18)29(3,24)25/h4-11,14-15H,12-13H2,1-3H3,(H,21,23). The quantitative estimate of drug-likeness (QED) is 0.744. The van der Waals surface area contributed by atoms with Crippen LogP contribution in [0.1, 0.15) is 24.2 Å². The zero-order chi connectivity index (χ0) is 22.1. The molecule has 0 saturated carbocycles. The van der Waals surface area contributed by atoms with E-state index in [1.165, 1.54) is 40.7 Å². The summed E-state index contributed by atoms with van der Waals surface area (Å²) in [6, 6.07) is 11.6. The third-order valence-corrected chi connectivity index (χ3v) is 7.68. The Kier molecular flexibility index (Phi) is 6.32. The molecule has 162 valence electrons. The van der Waals surface area contributed by atoms with Crippen molar-refractivity contribution in [3.63, 3.8) is 0 Å². The number of carbonyl (C=O) groups is 1. The molecular weight excluding hydrogens is 428 g/mol. The normalized spacial score (nSPS) is 20.6. The maximum atomic E-state index is 12.9. The summed E-state index contributed by atoms with van der Waals surface area (Å²) in [6.45, 7) is 4.16. The largest absolute Gasteiger partial charge is 0.373 e. The predicted molar refractivity (Wildman–Crippen MR) is 113 cm³/mol. The molecule has 1 N–H and O–H groups in total. The van der Waals surface area contributed by atoms with Crippen molar-refractivity contribution in [3.05, 3.63) is 54.1 Å². The van der Waals surface area contributed by atoms with Crippen molar-refractivity contribution in [2.75, 3.05) is 24.7 Å². The summed E-state index contributed by atoms with van der Waals surface area (Å²) < 4.78 is 56.6. The molecule has 3 rings (SSSR count). The van der Waals surface area contributed by atoms with Gasteiger partial charge in [-0.1, -0.05) is 12.1 Å². The maximum Gasteiger partial charge on any atom is 0.255 e. The minimum Gasteiger partial charge on any atom is -0.373 e. The second-order valence-electron chi connectivity index (χ2n) is 7.33. The van der Waals surface area contributed by atoms with E-state index in [1.54, 1.807) is 12.1 Å². The number of carbonyl (C=O) groups excluding carboxylic acids is 1. The molecule has 1 aliphatic heterocycles. The van der Waals surface area contributed by atoms with Crippen molar-refractivity contribution in [1.82, 2.24) is 4.31 Å². The van der Waals surface area contributed by atoms with E-state index in [1.807, 2.05) is 13.8 Å². The molecule has 0 bridgehead atoms. The first-order valence-corrected chi connectivity index (χ1v) is 12.7. The number of para-hydroxylation sites is 1. The minimum atomic E-state index is -3.71. The third-order valence-electron chi connectivity index (χ3n) is 4.68. The number of anilines is 1. The van der Waals surface area contributed by atoms with Crippen LogP contribution >= 0.6 is 0 Å². The van der Waals surface area contributed by atoms with E-state index in [0.717, 1.165) is 6.26 Å². The molecule has 10 heteroatoms. The van der Waals surface area contributed by atoms with Crippen LogP contribution in [-0.2, 0) is 24.6 Å². The van der Waals surface area contributed by atoms with Crippen LogP contribution in [0.25, 0.3) is 0 Å². The number of amides is 1. The fraction of sp³-hybridized carbons (Fsp3) is 0.350. The highest BCUT2D eigenvalue weighted by molar-refractivity contribution is 7.91. The van der Waals surface area contributed by atoms with Crippen molar-refractivity contribution in [1.29, 1.82) is 0 Å². The Morgan fingerprint density at radius 1 is 0.967 bits per heavy atom. The third kappa shape index (κ3) is 4.89. The van der Waals surface area contributed by atoms with Crippen LogP contribution in [0.3, 0.4) is 0 Å². The van der Waals surface area contributed by atoms with E-state index >= 15 is 0 Å². The Hall–Kier alpha value is -2.27. The van der Waals surface area contributed by atoms with Gasteiger partial charge in [0.25, 0.3) is 5.91 Å². The summed E-state index contributed by atoms with van der Waals surface area (Å²) in [4.78, 5) is 12.6. The molecule has 0 aromatic heterocycles. The SMILES string of the molecule is CC1CN(S(=O)(=O)c2ccc(C(=O)Nc3ccccc3S(C)(=O)=O)cc2)CC(C)O1. The Morgan fingerprint density at radius 2 is 1.53 bits per heavy atom. The molecule has 0 aliphatic carbocycles. The van der Waals surface area contributed by atoms with Gasteiger partial charge in [0.2, 0.25) is 10.0 Å². The number of ether oxygens (including phenoxy) is 1. The van der Waals surface area contributed by atoms with Crippen LogP contribution < -0.4 is 5.32 Å². The first-order valence-electron chi connectivity index (χ1n) is 9.34. The molecule has 1 aliphatic rings. The summed E-state index contributed by atoms with van der Waals surface area (Å²) in [7, 11) is -7.23. The number of hydrogen-bond donors (Lipinski definition) is 1. The zero-order valence-electron chi connectivity index (χ0n) is 16.9. The number of nitrogens with one attached hydrogen (secondary N) is 1. The lowest BCUT2D eigenvalue weighted by atomic mass is 10.2. The number of sulfonamides is 1. The molecule has 2 aromatic rings. The number of morpholine rings is 1. The van der Waals surface area contributed by atoms with Crippen molar-refractivity contribution in [3.8, 4) is 0 Å². The van der Waals surface area contributed by atoms with E-state index in [-0.39, 0.29) is 46.3 Å². The fourth-order valence-corrected chi connectivity index (χ4v) is 5.78. The highest BCUT2D eigenvalue weighted by atomic mass is 32.2. The number of hydrogen-bond acceptors (Lipinski definition) is 6. The monoisotopic (exact) mass is 452 g/mol. The van der Waals surface area contributed by atoms with Gasteiger partial charge in [0.1, 0.15) is 0 Å². The van der Waals surface area contributed by atoms with Gasteiger partial charge in [-0.05, 0) is 50.2 Å². The van der Waals surface area contributed by atoms with Crippen molar-refractivity contribution < 1.29 is 26.4 Å². The van der Waals surface area contributed by atoms with Crippen LogP contribution in [-0.4, -0.2) is 58.6 Å². The molecule has 1 saturated heterocycles. The summed E-state index contributed by atoms with van der Waals surface area (Å²) >= 11 is 0. The van der Waals surface area contributed by atoms with E-state index in [0.29, 0.717) is 0 Å². The minimum absolute atomic E-state index is 0.00750. The smallest absolute Gasteiger partial charge is 0.255 e. The average molecular weight is 453 g/mol. The molecular formula is C20H24N2O6S2. The maximum absolute atomic E-state index is 12.9. The van der Waals surface area contributed by atoms with Gasteiger partial charge in [0.05, 0.1) is 27.7 Å². The van der Waals surface area contributed by atoms with Crippen LogP contribution in [0.2, 0.25) is 0 Å². The van der Waals surface area contributed by atoms with Crippen LogP contribution in [0.5, 0.6) is 0 Å². The molecule has 1 amide bonds. The van der Waals surface area contributed by atoms with Gasteiger partial charge >= 0.3 is 0 Å². The summed E-state index contributed by atoms with van der Waals surface area (Å²) in [5.74, 6) is -0.538. The fourth-order valence-electron chi connectivity index (χ4n) is 3.34. The van der Waals surface area contributed by atoms with Gasteiger partial charge in [-0.3, -0.25) is 4.79 Å². The van der Waals surface area contributed by atoms with Crippen molar-refractivity contribution in [2.24, 2.45) is 0 Å². The first-order chi connectivity index (χ1) is 14.0. The van der Waals surface area contributed by atoms with Crippen molar-refractivity contribution >= 4 is 31.5 Å². The van der Waals surface area contributed by atoms with Crippen molar-refractivity contribution in [2.45, 2.75) is 35.8 Å². The Balaban J connectivity index is 1.80. The lowest BCUT2D eigenvalue weighted by molar-refractivity contribution is -0.0440. The van der Waals surface area contributed by atoms with E-state index < -0.39 is 25.8 Å². The van der Waals surface area contributed by atoms with Crippen LogP contribution in [0.4, 0.5) is 5.69 Å². The molecule has 0 radical (unpaired) electrons. The average Bonchev–Trinajstić information content (AvgIpc) is 2.67. The van der Waals surface area contributed by atoms with Gasteiger partial charge in [-0.15, -0.1) is 0 Å². The Labute approximate surface area is 176 Å². The second-order valence-corrected chi connectivity index (χ2v) is 11.2. The predicted octanol–water partition coefficient (Wildman–Crippen LogP) is 2.14. The van der Waals surface area contributed by atoms with Crippen LogP contribution in [0, 0.1) is 0 Å². The molecule has 30 heavy (non-hydrogen) atoms. The van der Waals surface area contributed by atoms with Gasteiger partial charge in [0, 0.05) is 24.9 Å². The number of sulfone groups is 1. The molecule has 0 spiro atoms. The lowest BCUT2D eigenvalue weighted by Crippen LogP contribution is -2.48. The highest BCUT2D eigenvalue weighted by Crippen LogP contribution is 2.23. The zero-order valence-corrected chi connectivity index (χ0v) is 18.5. The Morgan fingerprint density at radius 3 is 2.10 bits per heavy atom. The summed E-state index contributed by atoms with van der Waals surface area (Å²) in [5.41, 5.74) is 0.374. The van der Waals surface area contributed by atoms with Gasteiger partial charge < -0.3 is 10.1 Å². The van der Waals surface area contributed by atoms with E-state index in [4.69, 9.17) is 4.74 Å². The van der Waals surface area contributed by atoms with Gasteiger partial charge in [-0.25, -0.2) is 16.8 Å². The van der Waals surface area contributed by atoms with Crippen LogP contribution in [0.15, 0.2) is 58.3 Å². The molecule has 2 unspecified atom stereocenters. The number of rotatable bonds is 5. The molecule has 2 atom stereocenters. The molecule has 1 fully saturated rings. The lowest BCUT2D eigenvalue weighted by Gasteiger charge is -2.34.